The highest BCUT2D eigenvalue weighted by Crippen LogP contribution is 2.70. The van der Waals surface area contributed by atoms with E-state index in [1.165, 1.54) is 10.8 Å². The smallest absolute Gasteiger partial charge is 0.205 e. The maximum atomic E-state index is 8.54. The first kappa shape index (κ1) is 4.73. The van der Waals surface area contributed by atoms with Gasteiger partial charge in [-0.25, -0.2) is 0 Å². The van der Waals surface area contributed by atoms with Gasteiger partial charge in [0.05, 0.1) is 0 Å². The first-order valence-electron chi connectivity index (χ1n) is 1.26. The predicted molar refractivity (Wildman–Crippen MR) is 25.9 cm³/mol. The molecule has 1 aliphatic rings. The van der Waals surface area contributed by atoms with E-state index in [1.807, 2.05) is 0 Å². The van der Waals surface area contributed by atoms with Crippen LogP contribution < -0.4 is 0 Å². The molecule has 0 radical (unpaired) electrons. The molecule has 0 aromatic rings. The molecular weight excluding hydrogens is 124 g/mol. The molecule has 0 saturated carbocycles. The molecular formula is CH4O3S2. The van der Waals surface area contributed by atoms with E-state index < -0.39 is 9.90 Å². The largest absolute Gasteiger partial charge is 0.296 e. The summed E-state index contributed by atoms with van der Waals surface area (Å²) in [4.78, 5) is 0. The Balaban J connectivity index is 2.28. The summed E-state index contributed by atoms with van der Waals surface area (Å²) in [7, 11) is -0.808. The minimum atomic E-state index is -2.00. The van der Waals surface area contributed by atoms with Gasteiger partial charge in [-0.1, -0.05) is 0 Å². The van der Waals surface area contributed by atoms with E-state index in [9.17, 15) is 0 Å². The standard InChI is InChI=1S/CH4O3S2/c1-5-6(2)3-4-6/h2H,1H3. The zero-order valence-corrected chi connectivity index (χ0v) is 4.71. The van der Waals surface area contributed by atoms with Crippen molar-refractivity contribution in [3.8, 4) is 0 Å². The normalized spacial score (nSPS) is 32.3. The van der Waals surface area contributed by atoms with Crippen LogP contribution in [0.15, 0.2) is 0 Å². The Labute approximate surface area is 40.9 Å². The molecule has 1 aliphatic heterocycles. The molecule has 3 nitrogen and oxygen atoms in total. The van der Waals surface area contributed by atoms with Gasteiger partial charge in [0, 0.05) is 0 Å². The average molecular weight is 128 g/mol. The first-order valence-corrected chi connectivity index (χ1v) is 4.44. The maximum absolute atomic E-state index is 8.54. The van der Waals surface area contributed by atoms with Crippen LogP contribution in [0.25, 0.3) is 0 Å². The van der Waals surface area contributed by atoms with Crippen molar-refractivity contribution in [2.45, 2.75) is 0 Å². The molecule has 0 aromatic heterocycles. The Morgan fingerprint density at radius 1 is 1.67 bits per heavy atom. The van der Waals surface area contributed by atoms with E-state index in [4.69, 9.17) is 4.55 Å². The highest BCUT2D eigenvalue weighted by molar-refractivity contribution is 8.89. The van der Waals surface area contributed by atoms with Gasteiger partial charge in [-0.3, -0.25) is 4.55 Å². The lowest BCUT2D eigenvalue weighted by atomic mass is 12.0. The summed E-state index contributed by atoms with van der Waals surface area (Å²) in [6.45, 7) is 0. The lowest BCUT2D eigenvalue weighted by Gasteiger charge is -1.89. The van der Waals surface area contributed by atoms with E-state index >= 15 is 0 Å². The van der Waals surface area contributed by atoms with E-state index in [0.717, 1.165) is 0 Å². The Hall–Kier alpha value is 0.580. The van der Waals surface area contributed by atoms with Crippen LogP contribution in [0, 0.1) is 0 Å². The molecule has 1 fully saturated rings. The van der Waals surface area contributed by atoms with Crippen molar-refractivity contribution in [3.05, 3.63) is 0 Å². The molecule has 0 spiro atoms. The van der Waals surface area contributed by atoms with Crippen LogP contribution in [0.1, 0.15) is 0 Å². The molecule has 0 aliphatic carbocycles. The Kier molecular flexibility index (Phi) is 1.01. The van der Waals surface area contributed by atoms with Crippen molar-refractivity contribution in [2.24, 2.45) is 0 Å². The molecule has 0 unspecified atom stereocenters. The SMILES string of the molecule is CSS1(O)OO1. The van der Waals surface area contributed by atoms with Gasteiger partial charge in [-0.15, -0.1) is 8.67 Å². The zero-order valence-electron chi connectivity index (χ0n) is 3.08. The van der Waals surface area contributed by atoms with Gasteiger partial charge in [0.25, 0.3) is 0 Å². The third-order valence-electron chi connectivity index (χ3n) is 0.395. The minimum absolute atomic E-state index is 1.19. The van der Waals surface area contributed by atoms with Crippen molar-refractivity contribution < 1.29 is 13.2 Å². The van der Waals surface area contributed by atoms with Crippen molar-refractivity contribution in [1.82, 2.24) is 0 Å². The monoisotopic (exact) mass is 128 g/mol. The molecule has 6 heavy (non-hydrogen) atoms. The van der Waals surface area contributed by atoms with Gasteiger partial charge in [0.15, 0.2) is 0 Å². The summed E-state index contributed by atoms with van der Waals surface area (Å²) in [6, 6.07) is 0. The Morgan fingerprint density at radius 3 is 2.17 bits per heavy atom. The second-order valence-electron chi connectivity index (χ2n) is 0.730. The third kappa shape index (κ3) is 0.797. The number of hydrogen-bond acceptors (Lipinski definition) is 4. The summed E-state index contributed by atoms with van der Waals surface area (Å²) < 4.78 is 16.8. The quantitative estimate of drug-likeness (QED) is 0.329. The molecule has 1 N–H and O–H groups in total. The fourth-order valence-electron chi connectivity index (χ4n) is 0.0793. The fourth-order valence-corrected chi connectivity index (χ4v) is 0.918. The minimum Gasteiger partial charge on any atom is -0.296 e. The van der Waals surface area contributed by atoms with Gasteiger partial charge in [-0.05, 0) is 17.0 Å². The predicted octanol–water partition coefficient (Wildman–Crippen LogP) is 1.33. The van der Waals surface area contributed by atoms with Gasteiger partial charge in [0.2, 0.25) is 9.90 Å². The van der Waals surface area contributed by atoms with Crippen LogP contribution in [0.5, 0.6) is 0 Å². The first-order chi connectivity index (χ1) is 2.77. The fraction of sp³-hybridized carbons (Fsp3) is 1.00. The van der Waals surface area contributed by atoms with Gasteiger partial charge >= 0.3 is 0 Å². The molecule has 0 atom stereocenters. The molecule has 1 rings (SSSR count). The topological polar surface area (TPSA) is 45.3 Å². The van der Waals surface area contributed by atoms with Crippen molar-refractivity contribution in [1.29, 1.82) is 0 Å². The summed E-state index contributed by atoms with van der Waals surface area (Å²) >= 11 is 0. The highest BCUT2D eigenvalue weighted by atomic mass is 33.2. The summed E-state index contributed by atoms with van der Waals surface area (Å²) in [5.41, 5.74) is 0. The molecule has 1 saturated heterocycles. The second kappa shape index (κ2) is 1.28. The van der Waals surface area contributed by atoms with E-state index in [0.29, 0.717) is 0 Å². The zero-order chi connectivity index (χ0) is 4.62. The van der Waals surface area contributed by atoms with E-state index in [2.05, 4.69) is 8.67 Å². The molecule has 0 amide bonds. The Morgan fingerprint density at radius 2 is 2.17 bits per heavy atom. The molecule has 5 heteroatoms. The van der Waals surface area contributed by atoms with Crippen molar-refractivity contribution in [3.63, 3.8) is 0 Å². The molecule has 0 bridgehead atoms. The molecule has 1 heterocycles. The van der Waals surface area contributed by atoms with Gasteiger partial charge in [-0.2, -0.15) is 0 Å². The van der Waals surface area contributed by atoms with Crippen LogP contribution in [-0.4, -0.2) is 10.8 Å². The van der Waals surface area contributed by atoms with Gasteiger partial charge in [0.1, 0.15) is 0 Å². The summed E-state index contributed by atoms with van der Waals surface area (Å²) in [5, 5.41) is 0. The third-order valence-corrected chi connectivity index (χ3v) is 2.78. The lowest BCUT2D eigenvalue weighted by Crippen LogP contribution is -1.58. The van der Waals surface area contributed by atoms with E-state index in [1.54, 1.807) is 6.26 Å². The van der Waals surface area contributed by atoms with Gasteiger partial charge < -0.3 is 0 Å². The van der Waals surface area contributed by atoms with Crippen LogP contribution in [0.2, 0.25) is 0 Å². The van der Waals surface area contributed by atoms with Crippen LogP contribution in [0.3, 0.4) is 0 Å². The van der Waals surface area contributed by atoms with Crippen molar-refractivity contribution >= 4 is 20.7 Å². The maximum Gasteiger partial charge on any atom is 0.205 e. The summed E-state index contributed by atoms with van der Waals surface area (Å²) in [6.07, 6.45) is 1.72. The van der Waals surface area contributed by atoms with Crippen LogP contribution in [-0.2, 0) is 8.67 Å². The molecule has 0 aromatic carbocycles. The Bertz CT molecular complexity index is 59.8. The molecule has 38 valence electrons. The van der Waals surface area contributed by atoms with Crippen molar-refractivity contribution in [2.75, 3.05) is 6.26 Å². The van der Waals surface area contributed by atoms with Crippen LogP contribution in [0.4, 0.5) is 0 Å². The number of rotatable bonds is 1. The second-order valence-corrected chi connectivity index (χ2v) is 4.46. The van der Waals surface area contributed by atoms with E-state index in [-0.39, 0.29) is 0 Å². The number of hydrogen-bond donors (Lipinski definition) is 1. The van der Waals surface area contributed by atoms with Crippen LogP contribution >= 0.6 is 20.7 Å². The lowest BCUT2D eigenvalue weighted by molar-refractivity contribution is 0.0850. The highest BCUT2D eigenvalue weighted by Gasteiger charge is 2.40. The summed E-state index contributed by atoms with van der Waals surface area (Å²) in [5.74, 6) is 0. The average Bonchev–Trinajstić information content (AvgIpc) is 2.22.